The maximum atomic E-state index is 13.5. The van der Waals surface area contributed by atoms with Gasteiger partial charge in [-0.15, -0.1) is 11.3 Å². The lowest BCUT2D eigenvalue weighted by molar-refractivity contribution is -0.144. The Bertz CT molecular complexity index is 1080. The van der Waals surface area contributed by atoms with Crippen molar-refractivity contribution in [1.82, 2.24) is 20.5 Å². The van der Waals surface area contributed by atoms with Crippen LogP contribution in [-0.2, 0) is 25.7 Å². The van der Waals surface area contributed by atoms with Crippen molar-refractivity contribution >= 4 is 29.1 Å². The molecule has 3 rings (SSSR count). The summed E-state index contributed by atoms with van der Waals surface area (Å²) in [5.74, 6) is -1.12. The number of hydrogen-bond donors (Lipinski definition) is 3. The average Bonchev–Trinajstić information content (AvgIpc) is 3.46. The quantitative estimate of drug-likeness (QED) is 0.406. The van der Waals surface area contributed by atoms with E-state index in [1.54, 1.807) is 11.3 Å². The van der Waals surface area contributed by atoms with Crippen molar-refractivity contribution in [2.24, 2.45) is 5.41 Å². The van der Waals surface area contributed by atoms with E-state index in [0.29, 0.717) is 13.2 Å². The highest BCUT2D eigenvalue weighted by Crippen LogP contribution is 2.28. The maximum Gasteiger partial charge on any atom is 0.246 e. The number of aryl methyl sites for hydroxylation is 1. The predicted molar refractivity (Wildman–Crippen MR) is 143 cm³/mol. The molecule has 1 unspecified atom stereocenters. The minimum Gasteiger partial charge on any atom is -0.391 e. The summed E-state index contributed by atoms with van der Waals surface area (Å²) >= 11 is 1.58. The van der Waals surface area contributed by atoms with Crippen LogP contribution in [0.4, 0.5) is 0 Å². The number of benzene rings is 1. The molecule has 2 heterocycles. The van der Waals surface area contributed by atoms with Gasteiger partial charge in [0.05, 0.1) is 22.2 Å². The van der Waals surface area contributed by atoms with E-state index in [0.717, 1.165) is 28.1 Å². The molecule has 0 spiro atoms. The number of β-amino-alcohol motifs (C(OH)–C–C–N with tert-alkyl or cyclic N) is 1. The minimum atomic E-state index is -0.867. The lowest BCUT2D eigenvalue weighted by Gasteiger charge is -2.35. The first kappa shape index (κ1) is 28.7. The van der Waals surface area contributed by atoms with Crippen LogP contribution in [-0.4, -0.2) is 70.7 Å². The normalized spacial score (nSPS) is 18.5. The molecule has 1 aromatic heterocycles. The van der Waals surface area contributed by atoms with E-state index in [-0.39, 0.29) is 31.4 Å². The number of thiazole rings is 1. The number of ether oxygens (including phenoxy) is 1. The molecule has 1 saturated heterocycles. The summed E-state index contributed by atoms with van der Waals surface area (Å²) in [5, 5.41) is 16.0. The topological polar surface area (TPSA) is 121 Å². The predicted octanol–water partition coefficient (Wildman–Crippen LogP) is 2.65. The molecule has 2 aromatic rings. The molecule has 1 aliphatic heterocycles. The SMILES string of the molecule is CCCOCC(=O)NC(C(=O)N1C[C@H](O)C[C@H]1C(=O)NCc1ccc(-c2scnc2C)cc1)C(C)(C)C. The maximum absolute atomic E-state index is 13.5. The average molecular weight is 531 g/mol. The Labute approximate surface area is 222 Å². The van der Waals surface area contributed by atoms with Crippen LogP contribution in [0.2, 0.25) is 0 Å². The van der Waals surface area contributed by atoms with Crippen LogP contribution >= 0.6 is 11.3 Å². The van der Waals surface area contributed by atoms with Gasteiger partial charge in [-0.05, 0) is 29.9 Å². The first-order chi connectivity index (χ1) is 17.5. The zero-order valence-electron chi connectivity index (χ0n) is 22.2. The summed E-state index contributed by atoms with van der Waals surface area (Å²) in [5.41, 5.74) is 4.18. The molecule has 1 aliphatic rings. The molecule has 3 atom stereocenters. The molecule has 0 aliphatic carbocycles. The van der Waals surface area contributed by atoms with Gasteiger partial charge in [0.2, 0.25) is 17.7 Å². The zero-order valence-corrected chi connectivity index (χ0v) is 23.1. The fourth-order valence-corrected chi connectivity index (χ4v) is 5.10. The molecule has 0 radical (unpaired) electrons. The number of hydrogen-bond acceptors (Lipinski definition) is 7. The number of carbonyl (C=O) groups excluding carboxylic acids is 3. The molecule has 9 nitrogen and oxygen atoms in total. The Morgan fingerprint density at radius 2 is 1.95 bits per heavy atom. The summed E-state index contributed by atoms with van der Waals surface area (Å²) in [6, 6.07) is 6.21. The number of likely N-dealkylation sites (tertiary alicyclic amines) is 1. The van der Waals surface area contributed by atoms with E-state index in [1.807, 2.05) is 64.4 Å². The highest BCUT2D eigenvalue weighted by Gasteiger charge is 2.44. The van der Waals surface area contributed by atoms with Crippen molar-refractivity contribution in [3.05, 3.63) is 41.0 Å². The zero-order chi connectivity index (χ0) is 27.2. The van der Waals surface area contributed by atoms with Gasteiger partial charge >= 0.3 is 0 Å². The van der Waals surface area contributed by atoms with Crippen LogP contribution in [0.3, 0.4) is 0 Å². The van der Waals surface area contributed by atoms with E-state index < -0.39 is 29.5 Å². The van der Waals surface area contributed by atoms with Crippen molar-refractivity contribution in [3.8, 4) is 10.4 Å². The molecular formula is C27H38N4O5S. The second kappa shape index (κ2) is 12.6. The lowest BCUT2D eigenvalue weighted by Crippen LogP contribution is -2.58. The van der Waals surface area contributed by atoms with Crippen molar-refractivity contribution < 1.29 is 24.2 Å². The lowest BCUT2D eigenvalue weighted by atomic mass is 9.85. The molecule has 3 amide bonds. The fraction of sp³-hybridized carbons (Fsp3) is 0.556. The fourth-order valence-electron chi connectivity index (χ4n) is 4.29. The first-order valence-electron chi connectivity index (χ1n) is 12.6. The number of aliphatic hydroxyl groups excluding tert-OH is 1. The van der Waals surface area contributed by atoms with E-state index in [2.05, 4.69) is 15.6 Å². The third-order valence-corrected chi connectivity index (χ3v) is 7.27. The monoisotopic (exact) mass is 530 g/mol. The summed E-state index contributed by atoms with van der Waals surface area (Å²) in [6.07, 6.45) is 0.115. The second-order valence-corrected chi connectivity index (χ2v) is 11.4. The van der Waals surface area contributed by atoms with Gasteiger partial charge in [0.1, 0.15) is 18.7 Å². The number of carbonyl (C=O) groups is 3. The Balaban J connectivity index is 1.65. The van der Waals surface area contributed by atoms with Gasteiger partial charge in [0.15, 0.2) is 0 Å². The summed E-state index contributed by atoms with van der Waals surface area (Å²) in [4.78, 5) is 45.9. The van der Waals surface area contributed by atoms with E-state index in [9.17, 15) is 19.5 Å². The van der Waals surface area contributed by atoms with Crippen LogP contribution in [0.25, 0.3) is 10.4 Å². The highest BCUT2D eigenvalue weighted by molar-refractivity contribution is 7.13. The van der Waals surface area contributed by atoms with Gasteiger partial charge in [0, 0.05) is 26.1 Å². The molecular weight excluding hydrogens is 492 g/mol. The molecule has 0 saturated carbocycles. The summed E-state index contributed by atoms with van der Waals surface area (Å²) in [6.45, 7) is 10.1. The van der Waals surface area contributed by atoms with E-state index >= 15 is 0 Å². The molecule has 202 valence electrons. The summed E-state index contributed by atoms with van der Waals surface area (Å²) in [7, 11) is 0. The van der Waals surface area contributed by atoms with Gasteiger partial charge in [-0.1, -0.05) is 52.0 Å². The van der Waals surface area contributed by atoms with Crippen LogP contribution < -0.4 is 10.6 Å². The Morgan fingerprint density at radius 1 is 1.24 bits per heavy atom. The molecule has 0 bridgehead atoms. The number of nitrogens with zero attached hydrogens (tertiary/aromatic N) is 2. The number of amides is 3. The van der Waals surface area contributed by atoms with Crippen LogP contribution in [0.5, 0.6) is 0 Å². The molecule has 37 heavy (non-hydrogen) atoms. The van der Waals surface area contributed by atoms with Crippen LogP contribution in [0.1, 0.15) is 51.8 Å². The standard InChI is InChI=1S/C27H38N4O5S/c1-6-11-36-15-22(33)30-24(27(3,4)5)26(35)31-14-20(32)12-21(31)25(34)28-13-18-7-9-19(10-8-18)23-17(2)29-16-37-23/h7-10,16,20-21,24,32H,6,11-15H2,1-5H3,(H,28,34)(H,30,33)/t20-,21+,24?/m1/s1. The Kier molecular flexibility index (Phi) is 9.80. The second-order valence-electron chi connectivity index (χ2n) is 10.5. The largest absolute Gasteiger partial charge is 0.391 e. The number of rotatable bonds is 10. The molecule has 3 N–H and O–H groups in total. The van der Waals surface area contributed by atoms with E-state index in [1.165, 1.54) is 4.90 Å². The van der Waals surface area contributed by atoms with Gasteiger partial charge < -0.3 is 25.4 Å². The third-order valence-electron chi connectivity index (χ3n) is 6.29. The third kappa shape index (κ3) is 7.59. The van der Waals surface area contributed by atoms with Gasteiger partial charge in [-0.3, -0.25) is 14.4 Å². The van der Waals surface area contributed by atoms with Crippen LogP contribution in [0.15, 0.2) is 29.8 Å². The minimum absolute atomic E-state index is 0.0363. The Morgan fingerprint density at radius 3 is 2.54 bits per heavy atom. The first-order valence-corrected chi connectivity index (χ1v) is 13.5. The number of nitrogens with one attached hydrogen (secondary N) is 2. The van der Waals surface area contributed by atoms with Crippen molar-refractivity contribution in [2.45, 2.75) is 72.2 Å². The number of aromatic nitrogens is 1. The van der Waals surface area contributed by atoms with Gasteiger partial charge in [0.25, 0.3) is 0 Å². The summed E-state index contributed by atoms with van der Waals surface area (Å²) < 4.78 is 5.30. The Hall–Kier alpha value is -2.82. The van der Waals surface area contributed by atoms with Gasteiger partial charge in [-0.25, -0.2) is 4.98 Å². The molecule has 1 fully saturated rings. The van der Waals surface area contributed by atoms with Crippen molar-refractivity contribution in [3.63, 3.8) is 0 Å². The number of aliphatic hydroxyl groups is 1. The molecule has 1 aromatic carbocycles. The van der Waals surface area contributed by atoms with Crippen molar-refractivity contribution in [2.75, 3.05) is 19.8 Å². The smallest absolute Gasteiger partial charge is 0.246 e. The van der Waals surface area contributed by atoms with Crippen molar-refractivity contribution in [1.29, 1.82) is 0 Å². The van der Waals surface area contributed by atoms with Gasteiger partial charge in [-0.2, -0.15) is 0 Å². The van der Waals surface area contributed by atoms with E-state index in [4.69, 9.17) is 4.74 Å². The van der Waals surface area contributed by atoms with Crippen LogP contribution in [0, 0.1) is 12.3 Å². The highest BCUT2D eigenvalue weighted by atomic mass is 32.1. The molecule has 10 heteroatoms.